The second-order valence-corrected chi connectivity index (χ2v) is 9.01. The Morgan fingerprint density at radius 3 is 2.38 bits per heavy atom. The monoisotopic (exact) mass is 420 g/mol. The van der Waals surface area contributed by atoms with E-state index in [4.69, 9.17) is 0 Å². The number of hydrogen-bond donors (Lipinski definition) is 1. The first-order valence-corrected chi connectivity index (χ1v) is 10.5. The van der Waals surface area contributed by atoms with E-state index < -0.39 is 14.9 Å². The number of nitrogens with one attached hydrogen (secondary N) is 1. The van der Waals surface area contributed by atoms with E-state index in [2.05, 4.69) is 10.3 Å². The van der Waals surface area contributed by atoms with Crippen molar-refractivity contribution in [2.75, 3.05) is 57.5 Å². The molecular formula is C18H24N6O4S. The molecule has 1 saturated heterocycles. The smallest absolute Gasteiger partial charge is 0.294 e. The summed E-state index contributed by atoms with van der Waals surface area (Å²) in [6, 6.07) is 7.45. The highest BCUT2D eigenvalue weighted by Crippen LogP contribution is 2.31. The molecule has 0 aliphatic carbocycles. The molecule has 3 rings (SSSR count). The summed E-state index contributed by atoms with van der Waals surface area (Å²) in [5, 5.41) is 14.5. The van der Waals surface area contributed by atoms with Crippen LogP contribution in [0.1, 0.15) is 0 Å². The van der Waals surface area contributed by atoms with Gasteiger partial charge in [0.25, 0.3) is 5.69 Å². The Kier molecular flexibility index (Phi) is 6.01. The number of anilines is 3. The van der Waals surface area contributed by atoms with E-state index in [1.807, 2.05) is 30.9 Å². The van der Waals surface area contributed by atoms with Crippen molar-refractivity contribution < 1.29 is 13.3 Å². The summed E-state index contributed by atoms with van der Waals surface area (Å²) in [4.78, 5) is 19.0. The molecule has 1 N–H and O–H groups in total. The highest BCUT2D eigenvalue weighted by Gasteiger charge is 2.29. The van der Waals surface area contributed by atoms with Crippen LogP contribution in [0.15, 0.2) is 41.4 Å². The molecule has 2 heterocycles. The lowest BCUT2D eigenvalue weighted by molar-refractivity contribution is -0.384. The summed E-state index contributed by atoms with van der Waals surface area (Å²) in [7, 11) is 1.86. The number of benzene rings is 1. The molecule has 1 aliphatic rings. The van der Waals surface area contributed by atoms with Gasteiger partial charge in [-0.2, -0.15) is 4.31 Å². The van der Waals surface area contributed by atoms with Crippen LogP contribution in [0, 0.1) is 10.1 Å². The number of aromatic nitrogens is 1. The second kappa shape index (κ2) is 8.31. The molecule has 1 fully saturated rings. The molecule has 156 valence electrons. The number of likely N-dealkylation sites (N-methyl/N-ethyl adjacent to an activating group) is 1. The maximum Gasteiger partial charge on any atom is 0.294 e. The molecule has 0 bridgehead atoms. The van der Waals surface area contributed by atoms with Crippen LogP contribution >= 0.6 is 0 Å². The minimum Gasteiger partial charge on any atom is -0.363 e. The predicted octanol–water partition coefficient (Wildman–Crippen LogP) is 1.74. The highest BCUT2D eigenvalue weighted by atomic mass is 32.2. The summed E-state index contributed by atoms with van der Waals surface area (Å²) in [6.45, 7) is 1.96. The molecule has 0 saturated carbocycles. The van der Waals surface area contributed by atoms with Crippen molar-refractivity contribution in [2.45, 2.75) is 4.90 Å². The molecule has 0 spiro atoms. The number of hydrogen-bond acceptors (Lipinski definition) is 8. The molecule has 0 unspecified atom stereocenters. The number of nitrogens with zero attached hydrogens (tertiary/aromatic N) is 5. The van der Waals surface area contributed by atoms with Gasteiger partial charge in [-0.05, 0) is 31.3 Å². The van der Waals surface area contributed by atoms with Crippen LogP contribution < -0.4 is 10.2 Å². The van der Waals surface area contributed by atoms with Gasteiger partial charge in [0, 0.05) is 46.3 Å². The maximum absolute atomic E-state index is 12.9. The number of sulfonamides is 1. The number of piperazine rings is 1. The van der Waals surface area contributed by atoms with Gasteiger partial charge in [-0.15, -0.1) is 0 Å². The van der Waals surface area contributed by atoms with Gasteiger partial charge < -0.3 is 15.1 Å². The van der Waals surface area contributed by atoms with Gasteiger partial charge in [0.15, 0.2) is 0 Å². The second-order valence-electron chi connectivity index (χ2n) is 7.07. The first-order chi connectivity index (χ1) is 13.7. The van der Waals surface area contributed by atoms with Crippen LogP contribution in [0.25, 0.3) is 0 Å². The Morgan fingerprint density at radius 2 is 1.83 bits per heavy atom. The third-order valence-corrected chi connectivity index (χ3v) is 6.65. The normalized spacial score (nSPS) is 15.8. The van der Waals surface area contributed by atoms with Gasteiger partial charge in [0.2, 0.25) is 10.0 Å². The van der Waals surface area contributed by atoms with Gasteiger partial charge in [0.05, 0.1) is 21.7 Å². The fraction of sp³-hybridized carbons (Fsp3) is 0.389. The summed E-state index contributed by atoms with van der Waals surface area (Å²) >= 11 is 0. The number of rotatable bonds is 6. The fourth-order valence-corrected chi connectivity index (χ4v) is 4.43. The minimum absolute atomic E-state index is 0.0830. The summed E-state index contributed by atoms with van der Waals surface area (Å²) in [5.41, 5.74) is 0.456. The molecule has 0 amide bonds. The van der Waals surface area contributed by atoms with Crippen molar-refractivity contribution in [3.05, 3.63) is 46.6 Å². The Balaban J connectivity index is 1.88. The quantitative estimate of drug-likeness (QED) is 0.556. The van der Waals surface area contributed by atoms with Crippen molar-refractivity contribution in [1.29, 1.82) is 0 Å². The average molecular weight is 420 g/mol. The highest BCUT2D eigenvalue weighted by molar-refractivity contribution is 7.89. The largest absolute Gasteiger partial charge is 0.363 e. The molecule has 29 heavy (non-hydrogen) atoms. The first-order valence-electron chi connectivity index (χ1n) is 9.06. The lowest BCUT2D eigenvalue weighted by Crippen LogP contribution is -2.47. The Hall–Kier alpha value is -2.76. The average Bonchev–Trinajstić information content (AvgIpc) is 2.68. The number of nitro groups is 1. The zero-order chi connectivity index (χ0) is 21.2. The van der Waals surface area contributed by atoms with E-state index in [0.29, 0.717) is 31.9 Å². The van der Waals surface area contributed by atoms with Crippen LogP contribution in [0.2, 0.25) is 0 Å². The summed E-state index contributed by atoms with van der Waals surface area (Å²) < 4.78 is 27.1. The Bertz CT molecular complexity index is 986. The van der Waals surface area contributed by atoms with Crippen molar-refractivity contribution in [2.24, 2.45) is 0 Å². The third kappa shape index (κ3) is 4.63. The van der Waals surface area contributed by atoms with E-state index >= 15 is 0 Å². The molecule has 2 aromatic rings. The standard InChI is InChI=1S/C18H24N6O4S/c1-21(2)18-7-4-14(13-19-18)20-16-6-5-15(12-17(16)24(25)26)29(27,28)23-10-8-22(3)9-11-23/h4-7,12-13,20H,8-11H2,1-3H3. The Morgan fingerprint density at radius 1 is 1.14 bits per heavy atom. The molecule has 0 radical (unpaired) electrons. The predicted molar refractivity (Wildman–Crippen MR) is 111 cm³/mol. The SMILES string of the molecule is CN1CCN(S(=O)(=O)c2ccc(Nc3ccc(N(C)C)nc3)c([N+](=O)[O-])c2)CC1. The van der Waals surface area contributed by atoms with E-state index in [0.717, 1.165) is 11.9 Å². The van der Waals surface area contributed by atoms with Gasteiger partial charge in [-0.25, -0.2) is 13.4 Å². The van der Waals surface area contributed by atoms with Crippen molar-refractivity contribution in [1.82, 2.24) is 14.2 Å². The molecule has 11 heteroatoms. The van der Waals surface area contributed by atoms with E-state index in [9.17, 15) is 18.5 Å². The van der Waals surface area contributed by atoms with Crippen LogP contribution in [0.3, 0.4) is 0 Å². The third-order valence-electron chi connectivity index (χ3n) is 4.75. The molecule has 1 aromatic heterocycles. The zero-order valence-electron chi connectivity index (χ0n) is 16.6. The van der Waals surface area contributed by atoms with Crippen LogP contribution in [-0.2, 0) is 10.0 Å². The lowest BCUT2D eigenvalue weighted by atomic mass is 10.2. The number of pyridine rings is 1. The van der Waals surface area contributed by atoms with Crippen molar-refractivity contribution in [3.63, 3.8) is 0 Å². The molecule has 1 aliphatic heterocycles. The summed E-state index contributed by atoms with van der Waals surface area (Å²) in [5.74, 6) is 0.749. The van der Waals surface area contributed by atoms with Crippen molar-refractivity contribution >= 4 is 32.9 Å². The maximum atomic E-state index is 12.9. The Labute approximate surface area is 170 Å². The van der Waals surface area contributed by atoms with Crippen molar-refractivity contribution in [3.8, 4) is 0 Å². The van der Waals surface area contributed by atoms with Gasteiger partial charge >= 0.3 is 0 Å². The van der Waals surface area contributed by atoms with Gasteiger partial charge in [0.1, 0.15) is 11.5 Å². The first kappa shape index (κ1) is 21.0. The summed E-state index contributed by atoms with van der Waals surface area (Å²) in [6.07, 6.45) is 1.56. The lowest BCUT2D eigenvalue weighted by Gasteiger charge is -2.31. The van der Waals surface area contributed by atoms with Gasteiger partial charge in [-0.1, -0.05) is 0 Å². The number of nitro benzene ring substituents is 1. The topological polar surface area (TPSA) is 112 Å². The van der Waals surface area contributed by atoms with E-state index in [1.165, 1.54) is 16.4 Å². The zero-order valence-corrected chi connectivity index (χ0v) is 17.4. The fourth-order valence-electron chi connectivity index (χ4n) is 2.99. The van der Waals surface area contributed by atoms with E-state index in [1.54, 1.807) is 18.3 Å². The molecule has 10 nitrogen and oxygen atoms in total. The molecular weight excluding hydrogens is 396 g/mol. The minimum atomic E-state index is -3.79. The van der Waals surface area contributed by atoms with Gasteiger partial charge in [-0.3, -0.25) is 10.1 Å². The van der Waals surface area contributed by atoms with Crippen LogP contribution in [-0.4, -0.2) is 74.9 Å². The van der Waals surface area contributed by atoms with Crippen LogP contribution in [0.4, 0.5) is 22.9 Å². The van der Waals surface area contributed by atoms with Crippen LogP contribution in [0.5, 0.6) is 0 Å². The van der Waals surface area contributed by atoms with E-state index in [-0.39, 0.29) is 16.3 Å². The molecule has 1 aromatic carbocycles. The molecule has 0 atom stereocenters.